The molecule has 1 atom stereocenters. The average Bonchev–Trinajstić information content (AvgIpc) is 1.59. The van der Waals surface area contributed by atoms with Gasteiger partial charge in [0.05, 0.1) is 8.30 Å². The first-order valence-electron chi connectivity index (χ1n) is 3.67. The fraction of sp³-hybridized carbons (Fsp3) is 1.00. The van der Waals surface area contributed by atoms with E-state index in [-0.39, 0.29) is 12.4 Å². The minimum atomic E-state index is -0.909. The Balaban J connectivity index is 0. The van der Waals surface area contributed by atoms with Crippen molar-refractivity contribution in [3.05, 3.63) is 0 Å². The standard InChI is InChI=1S/C7H18NOP.ClH/c1-6(2)8(7(3)4)10(5)9;/h6-7,9H,1-5H3;1H. The molecule has 0 aliphatic heterocycles. The summed E-state index contributed by atoms with van der Waals surface area (Å²) in [6.45, 7) is 10.3. The molecule has 1 unspecified atom stereocenters. The molecule has 0 spiro atoms. The van der Waals surface area contributed by atoms with Crippen molar-refractivity contribution < 1.29 is 4.89 Å². The molecule has 1 N–H and O–H groups in total. The van der Waals surface area contributed by atoms with E-state index in [0.717, 1.165) is 0 Å². The number of rotatable bonds is 3. The van der Waals surface area contributed by atoms with Crippen LogP contribution in [0.15, 0.2) is 0 Å². The van der Waals surface area contributed by atoms with Gasteiger partial charge in [0.1, 0.15) is 0 Å². The summed E-state index contributed by atoms with van der Waals surface area (Å²) in [4.78, 5) is 9.34. The third-order valence-electron chi connectivity index (χ3n) is 1.39. The molecule has 2 nitrogen and oxygen atoms in total. The Bertz CT molecular complexity index is 79.4. The van der Waals surface area contributed by atoms with Gasteiger partial charge in [-0.3, -0.25) is 4.67 Å². The Morgan fingerprint density at radius 3 is 1.36 bits per heavy atom. The van der Waals surface area contributed by atoms with Gasteiger partial charge in [0.15, 0.2) is 0 Å². The van der Waals surface area contributed by atoms with Crippen LogP contribution < -0.4 is 0 Å². The van der Waals surface area contributed by atoms with Crippen molar-refractivity contribution >= 4 is 20.7 Å². The molecular weight excluding hydrogens is 181 g/mol. The Morgan fingerprint density at radius 2 is 1.36 bits per heavy atom. The topological polar surface area (TPSA) is 23.5 Å². The molecule has 0 heterocycles. The normalized spacial score (nSPS) is 13.9. The van der Waals surface area contributed by atoms with Crippen molar-refractivity contribution in [1.82, 2.24) is 4.67 Å². The molecule has 11 heavy (non-hydrogen) atoms. The molecule has 0 aromatic rings. The van der Waals surface area contributed by atoms with Gasteiger partial charge in [-0.25, -0.2) is 0 Å². The van der Waals surface area contributed by atoms with Crippen LogP contribution in [0.1, 0.15) is 27.7 Å². The first-order chi connectivity index (χ1) is 4.46. The lowest BCUT2D eigenvalue weighted by molar-refractivity contribution is 0.299. The van der Waals surface area contributed by atoms with Crippen LogP contribution in [0.4, 0.5) is 0 Å². The summed E-state index contributed by atoms with van der Waals surface area (Å²) in [5.74, 6) is 0. The van der Waals surface area contributed by atoms with Crippen LogP contribution in [0.2, 0.25) is 0 Å². The summed E-state index contributed by atoms with van der Waals surface area (Å²) in [6, 6.07) is 0.891. The van der Waals surface area contributed by atoms with Crippen LogP contribution in [0.3, 0.4) is 0 Å². The summed E-state index contributed by atoms with van der Waals surface area (Å²) in [5, 5.41) is 0. The number of nitrogens with zero attached hydrogens (tertiary/aromatic N) is 1. The van der Waals surface area contributed by atoms with Crippen molar-refractivity contribution in [3.8, 4) is 0 Å². The van der Waals surface area contributed by atoms with E-state index in [9.17, 15) is 4.89 Å². The zero-order chi connectivity index (χ0) is 8.31. The molecule has 0 fully saturated rings. The van der Waals surface area contributed by atoms with E-state index in [4.69, 9.17) is 0 Å². The van der Waals surface area contributed by atoms with E-state index in [1.807, 2.05) is 6.66 Å². The molecule has 70 valence electrons. The molecule has 0 rings (SSSR count). The van der Waals surface area contributed by atoms with Gasteiger partial charge in [-0.1, -0.05) is 0 Å². The minimum Gasteiger partial charge on any atom is -0.359 e. The quantitative estimate of drug-likeness (QED) is 0.706. The SMILES string of the molecule is CC(C)N(C(C)C)P(C)O.Cl. The van der Waals surface area contributed by atoms with Gasteiger partial charge in [-0.15, -0.1) is 12.4 Å². The summed E-state index contributed by atoms with van der Waals surface area (Å²) in [7, 11) is -0.909. The predicted molar refractivity (Wildman–Crippen MR) is 54.4 cm³/mol. The summed E-state index contributed by atoms with van der Waals surface area (Å²) in [5.41, 5.74) is 0. The minimum absolute atomic E-state index is 0. The lowest BCUT2D eigenvalue weighted by atomic mass is 10.3. The molecule has 0 saturated carbocycles. The van der Waals surface area contributed by atoms with E-state index >= 15 is 0 Å². The molecular formula is C7H19ClNOP. The van der Waals surface area contributed by atoms with Gasteiger partial charge in [-0.2, -0.15) is 0 Å². The average molecular weight is 200 g/mol. The first kappa shape index (κ1) is 14.2. The Hall–Kier alpha value is 0.640. The van der Waals surface area contributed by atoms with E-state index in [2.05, 4.69) is 32.4 Å². The maximum absolute atomic E-state index is 9.34. The van der Waals surface area contributed by atoms with E-state index in [1.165, 1.54) is 0 Å². The Kier molecular flexibility index (Phi) is 7.98. The van der Waals surface area contributed by atoms with Crippen LogP contribution >= 0.6 is 20.7 Å². The molecule has 0 aliphatic carbocycles. The third-order valence-corrected chi connectivity index (χ3v) is 2.98. The van der Waals surface area contributed by atoms with Gasteiger partial charge in [-0.05, 0) is 34.4 Å². The monoisotopic (exact) mass is 199 g/mol. The maximum Gasteiger partial charge on any atom is 0.0977 e. The highest BCUT2D eigenvalue weighted by atomic mass is 35.5. The lowest BCUT2D eigenvalue weighted by Crippen LogP contribution is -2.31. The van der Waals surface area contributed by atoms with E-state index < -0.39 is 8.30 Å². The Morgan fingerprint density at radius 1 is 1.09 bits per heavy atom. The zero-order valence-corrected chi connectivity index (χ0v) is 9.62. The highest BCUT2D eigenvalue weighted by molar-refractivity contribution is 7.48. The van der Waals surface area contributed by atoms with Crippen molar-refractivity contribution in [2.75, 3.05) is 6.66 Å². The fourth-order valence-corrected chi connectivity index (χ4v) is 2.60. The largest absolute Gasteiger partial charge is 0.359 e. The van der Waals surface area contributed by atoms with E-state index in [0.29, 0.717) is 12.1 Å². The smallest absolute Gasteiger partial charge is 0.0977 e. The molecule has 0 aromatic heterocycles. The maximum atomic E-state index is 9.34. The van der Waals surface area contributed by atoms with Crippen molar-refractivity contribution in [2.24, 2.45) is 0 Å². The van der Waals surface area contributed by atoms with Gasteiger partial charge in [0.25, 0.3) is 0 Å². The summed E-state index contributed by atoms with van der Waals surface area (Å²) in [6.07, 6.45) is 0. The highest BCUT2D eigenvalue weighted by Gasteiger charge is 2.17. The van der Waals surface area contributed by atoms with Crippen molar-refractivity contribution in [2.45, 2.75) is 39.8 Å². The second-order valence-electron chi connectivity index (χ2n) is 3.06. The van der Waals surface area contributed by atoms with Gasteiger partial charge in [0.2, 0.25) is 0 Å². The van der Waals surface area contributed by atoms with Crippen LogP contribution in [0, 0.1) is 0 Å². The second kappa shape index (κ2) is 6.19. The van der Waals surface area contributed by atoms with Crippen molar-refractivity contribution in [1.29, 1.82) is 0 Å². The predicted octanol–water partition coefficient (Wildman–Crippen LogP) is 2.46. The van der Waals surface area contributed by atoms with Gasteiger partial charge in [0, 0.05) is 12.1 Å². The molecule has 0 amide bonds. The fourth-order valence-electron chi connectivity index (χ4n) is 1.26. The van der Waals surface area contributed by atoms with Gasteiger partial charge < -0.3 is 4.89 Å². The first-order valence-corrected chi connectivity index (χ1v) is 5.37. The Labute approximate surface area is 77.3 Å². The zero-order valence-electron chi connectivity index (χ0n) is 7.90. The number of hydrogen-bond acceptors (Lipinski definition) is 2. The summed E-state index contributed by atoms with van der Waals surface area (Å²) < 4.78 is 2.12. The highest BCUT2D eigenvalue weighted by Crippen LogP contribution is 2.34. The van der Waals surface area contributed by atoms with Gasteiger partial charge >= 0.3 is 0 Å². The lowest BCUT2D eigenvalue weighted by Gasteiger charge is -2.32. The molecule has 0 radical (unpaired) electrons. The second-order valence-corrected chi connectivity index (χ2v) is 4.50. The molecule has 4 heteroatoms. The molecule has 0 aliphatic rings. The van der Waals surface area contributed by atoms with Crippen LogP contribution in [-0.4, -0.2) is 28.3 Å². The van der Waals surface area contributed by atoms with Crippen molar-refractivity contribution in [3.63, 3.8) is 0 Å². The van der Waals surface area contributed by atoms with Crippen LogP contribution in [0.5, 0.6) is 0 Å². The van der Waals surface area contributed by atoms with Crippen LogP contribution in [-0.2, 0) is 0 Å². The molecule has 0 bridgehead atoms. The number of halogens is 1. The third kappa shape index (κ3) is 4.97. The molecule has 0 aromatic carbocycles. The molecule has 0 saturated heterocycles. The van der Waals surface area contributed by atoms with Crippen LogP contribution in [0.25, 0.3) is 0 Å². The number of hydrogen-bond donors (Lipinski definition) is 1. The summed E-state index contributed by atoms with van der Waals surface area (Å²) >= 11 is 0. The van der Waals surface area contributed by atoms with E-state index in [1.54, 1.807) is 0 Å².